The summed E-state index contributed by atoms with van der Waals surface area (Å²) in [6, 6.07) is 3.44. The van der Waals surface area contributed by atoms with Gasteiger partial charge in [0.2, 0.25) is 0 Å². The molecule has 0 aliphatic carbocycles. The van der Waals surface area contributed by atoms with E-state index in [-0.39, 0.29) is 18.2 Å². The zero-order valence-electron chi connectivity index (χ0n) is 10.2. The van der Waals surface area contributed by atoms with E-state index in [0.717, 1.165) is 12.5 Å². The standard InChI is InChI=1S/C12H17FN2O3/c1-2-9(5-6-16)8-14-11-4-3-10(13)7-12(11)15(17)18/h3-4,7,9,14,16H,2,5-6,8H2,1H3. The second-order valence-corrected chi connectivity index (χ2v) is 4.09. The SMILES string of the molecule is CCC(CCO)CNc1ccc(F)cc1[N+](=O)[O-]. The molecule has 6 heteroatoms. The van der Waals surface area contributed by atoms with Crippen molar-refractivity contribution < 1.29 is 14.4 Å². The van der Waals surface area contributed by atoms with Gasteiger partial charge in [0, 0.05) is 13.2 Å². The molecule has 0 saturated carbocycles. The quantitative estimate of drug-likeness (QED) is 0.580. The van der Waals surface area contributed by atoms with Gasteiger partial charge in [-0.1, -0.05) is 13.3 Å². The van der Waals surface area contributed by atoms with Crippen molar-refractivity contribution in [2.24, 2.45) is 5.92 Å². The van der Waals surface area contributed by atoms with E-state index in [1.54, 1.807) is 0 Å². The molecule has 0 aliphatic rings. The molecule has 1 rings (SSSR count). The maximum Gasteiger partial charge on any atom is 0.295 e. The van der Waals surface area contributed by atoms with Crippen molar-refractivity contribution in [3.8, 4) is 0 Å². The lowest BCUT2D eigenvalue weighted by molar-refractivity contribution is -0.384. The fourth-order valence-electron chi connectivity index (χ4n) is 1.69. The first-order chi connectivity index (χ1) is 8.58. The van der Waals surface area contributed by atoms with Gasteiger partial charge in [-0.15, -0.1) is 0 Å². The molecule has 2 N–H and O–H groups in total. The molecule has 0 aliphatic heterocycles. The molecule has 0 radical (unpaired) electrons. The Hall–Kier alpha value is -1.69. The van der Waals surface area contributed by atoms with Crippen LogP contribution in [0, 0.1) is 21.8 Å². The van der Waals surface area contributed by atoms with Crippen LogP contribution >= 0.6 is 0 Å². The van der Waals surface area contributed by atoms with Gasteiger partial charge in [0.15, 0.2) is 0 Å². The second kappa shape index (κ2) is 6.90. The minimum absolute atomic E-state index is 0.0890. The van der Waals surface area contributed by atoms with Crippen molar-refractivity contribution in [3.05, 3.63) is 34.1 Å². The first-order valence-corrected chi connectivity index (χ1v) is 5.87. The van der Waals surface area contributed by atoms with E-state index in [1.807, 2.05) is 6.92 Å². The molecule has 100 valence electrons. The number of halogens is 1. The number of hydrogen-bond donors (Lipinski definition) is 2. The summed E-state index contributed by atoms with van der Waals surface area (Å²) in [6.07, 6.45) is 1.50. The number of nitro benzene ring substituents is 1. The summed E-state index contributed by atoms with van der Waals surface area (Å²) in [5.41, 5.74) is 0.0339. The molecule has 1 unspecified atom stereocenters. The Bertz CT molecular complexity index is 412. The highest BCUT2D eigenvalue weighted by Gasteiger charge is 2.15. The molecule has 0 aromatic heterocycles. The van der Waals surface area contributed by atoms with Gasteiger partial charge in [-0.2, -0.15) is 0 Å². The minimum Gasteiger partial charge on any atom is -0.396 e. The number of nitrogens with one attached hydrogen (secondary N) is 1. The lowest BCUT2D eigenvalue weighted by Gasteiger charge is -2.15. The molecule has 1 atom stereocenters. The van der Waals surface area contributed by atoms with Crippen molar-refractivity contribution in [3.63, 3.8) is 0 Å². The predicted octanol–water partition coefficient (Wildman–Crippen LogP) is 2.55. The van der Waals surface area contributed by atoms with Crippen LogP contribution in [0.2, 0.25) is 0 Å². The third-order valence-corrected chi connectivity index (χ3v) is 2.85. The highest BCUT2D eigenvalue weighted by atomic mass is 19.1. The van der Waals surface area contributed by atoms with Gasteiger partial charge in [0.1, 0.15) is 11.5 Å². The lowest BCUT2D eigenvalue weighted by atomic mass is 10.0. The lowest BCUT2D eigenvalue weighted by Crippen LogP contribution is -2.15. The maximum atomic E-state index is 12.9. The van der Waals surface area contributed by atoms with Crippen LogP contribution in [0.1, 0.15) is 19.8 Å². The Kier molecular flexibility index (Phi) is 5.51. The van der Waals surface area contributed by atoms with E-state index in [2.05, 4.69) is 5.32 Å². The predicted molar refractivity (Wildman–Crippen MR) is 67.0 cm³/mol. The van der Waals surface area contributed by atoms with E-state index in [9.17, 15) is 14.5 Å². The van der Waals surface area contributed by atoms with E-state index in [4.69, 9.17) is 5.11 Å². The summed E-state index contributed by atoms with van der Waals surface area (Å²) in [5, 5.41) is 22.6. The molecule has 0 bridgehead atoms. The van der Waals surface area contributed by atoms with Gasteiger partial charge in [0.25, 0.3) is 5.69 Å². The molecule has 0 spiro atoms. The largest absolute Gasteiger partial charge is 0.396 e. The number of aliphatic hydroxyl groups excluding tert-OH is 1. The Morgan fingerprint density at radius 2 is 2.28 bits per heavy atom. The van der Waals surface area contributed by atoms with Gasteiger partial charge in [0.05, 0.1) is 11.0 Å². The molecule has 1 aromatic carbocycles. The van der Waals surface area contributed by atoms with Crippen molar-refractivity contribution >= 4 is 11.4 Å². The Morgan fingerprint density at radius 1 is 1.56 bits per heavy atom. The zero-order valence-corrected chi connectivity index (χ0v) is 10.2. The molecule has 0 saturated heterocycles. The monoisotopic (exact) mass is 256 g/mol. The molecule has 0 fully saturated rings. The van der Waals surface area contributed by atoms with Crippen LogP contribution in [0.25, 0.3) is 0 Å². The van der Waals surface area contributed by atoms with Gasteiger partial charge in [-0.3, -0.25) is 10.1 Å². The van der Waals surface area contributed by atoms with Crippen LogP contribution in [-0.2, 0) is 0 Å². The Balaban J connectivity index is 2.74. The van der Waals surface area contributed by atoms with Crippen LogP contribution in [0.4, 0.5) is 15.8 Å². The molecular formula is C12H17FN2O3. The molecule has 0 amide bonds. The molecule has 0 heterocycles. The summed E-state index contributed by atoms with van der Waals surface area (Å²) in [7, 11) is 0. The third kappa shape index (κ3) is 3.96. The Morgan fingerprint density at radius 3 is 2.83 bits per heavy atom. The topological polar surface area (TPSA) is 75.4 Å². The van der Waals surface area contributed by atoms with Crippen LogP contribution in [0.15, 0.2) is 18.2 Å². The van der Waals surface area contributed by atoms with Crippen LogP contribution < -0.4 is 5.32 Å². The highest BCUT2D eigenvalue weighted by molar-refractivity contribution is 5.61. The smallest absolute Gasteiger partial charge is 0.295 e. The minimum atomic E-state index is -0.630. The number of aliphatic hydroxyl groups is 1. The number of rotatable bonds is 7. The van der Waals surface area contributed by atoms with Crippen molar-refractivity contribution in [2.45, 2.75) is 19.8 Å². The maximum absolute atomic E-state index is 12.9. The van der Waals surface area contributed by atoms with Gasteiger partial charge in [-0.05, 0) is 24.5 Å². The number of hydrogen-bond acceptors (Lipinski definition) is 4. The average molecular weight is 256 g/mol. The van der Waals surface area contributed by atoms with Crippen molar-refractivity contribution in [2.75, 3.05) is 18.5 Å². The number of benzene rings is 1. The van der Waals surface area contributed by atoms with Crippen molar-refractivity contribution in [1.29, 1.82) is 0 Å². The van der Waals surface area contributed by atoms with Gasteiger partial charge in [-0.25, -0.2) is 4.39 Å². The number of nitro groups is 1. The zero-order chi connectivity index (χ0) is 13.5. The van der Waals surface area contributed by atoms with E-state index < -0.39 is 10.7 Å². The number of anilines is 1. The molecule has 1 aromatic rings. The fraction of sp³-hybridized carbons (Fsp3) is 0.500. The van der Waals surface area contributed by atoms with Crippen LogP contribution in [0.3, 0.4) is 0 Å². The summed E-state index contributed by atoms with van der Waals surface area (Å²) >= 11 is 0. The molecule has 5 nitrogen and oxygen atoms in total. The van der Waals surface area contributed by atoms with E-state index in [1.165, 1.54) is 12.1 Å². The van der Waals surface area contributed by atoms with E-state index in [0.29, 0.717) is 18.7 Å². The second-order valence-electron chi connectivity index (χ2n) is 4.09. The Labute approximate surface area is 105 Å². The van der Waals surface area contributed by atoms with Gasteiger partial charge >= 0.3 is 0 Å². The van der Waals surface area contributed by atoms with Crippen LogP contribution in [-0.4, -0.2) is 23.2 Å². The van der Waals surface area contributed by atoms with Crippen molar-refractivity contribution in [1.82, 2.24) is 0 Å². The third-order valence-electron chi connectivity index (χ3n) is 2.85. The summed E-state index contributed by atoms with van der Waals surface area (Å²) in [6.45, 7) is 2.59. The van der Waals surface area contributed by atoms with Crippen LogP contribution in [0.5, 0.6) is 0 Å². The summed E-state index contributed by atoms with van der Waals surface area (Å²) < 4.78 is 12.9. The highest BCUT2D eigenvalue weighted by Crippen LogP contribution is 2.25. The number of nitrogens with zero attached hydrogens (tertiary/aromatic N) is 1. The van der Waals surface area contributed by atoms with E-state index >= 15 is 0 Å². The normalized spacial score (nSPS) is 12.2. The summed E-state index contributed by atoms with van der Waals surface area (Å²) in [5.74, 6) is -0.394. The first-order valence-electron chi connectivity index (χ1n) is 5.87. The summed E-state index contributed by atoms with van der Waals surface area (Å²) in [4.78, 5) is 10.2. The molecule has 18 heavy (non-hydrogen) atoms. The molecular weight excluding hydrogens is 239 g/mol. The first kappa shape index (κ1) is 14.4. The fourth-order valence-corrected chi connectivity index (χ4v) is 1.69. The van der Waals surface area contributed by atoms with Gasteiger partial charge < -0.3 is 10.4 Å². The average Bonchev–Trinajstić information content (AvgIpc) is 2.35.